The molecule has 0 fully saturated rings. The molecular formula is H2AlNaO4S. The third-order valence-corrected chi connectivity index (χ3v) is 0. The molecule has 0 atom stereocenters. The maximum atomic E-state index is 8.74. The molecule has 0 aromatic heterocycles. The van der Waals surface area contributed by atoms with E-state index in [1.807, 2.05) is 0 Å². The molecule has 2 N–H and O–H groups in total. The second-order valence-corrected chi connectivity index (χ2v) is 1.34. The van der Waals surface area contributed by atoms with E-state index in [9.17, 15) is 0 Å². The van der Waals surface area contributed by atoms with Gasteiger partial charge >= 0.3 is 10.4 Å². The minimum absolute atomic E-state index is 0. The fraction of sp³-hybridized carbons (Fsp3) is 0. The molecule has 0 spiro atoms. The Morgan fingerprint density at radius 1 is 1.14 bits per heavy atom. The van der Waals surface area contributed by atoms with E-state index in [0.29, 0.717) is 0 Å². The first-order chi connectivity index (χ1) is 2.00. The van der Waals surface area contributed by atoms with Gasteiger partial charge < -0.3 is 0 Å². The molecule has 0 aliphatic heterocycles. The second-order valence-electron chi connectivity index (χ2n) is 0.448. The summed E-state index contributed by atoms with van der Waals surface area (Å²) in [5, 5.41) is 0. The van der Waals surface area contributed by atoms with Gasteiger partial charge in [-0.05, 0) is 0 Å². The van der Waals surface area contributed by atoms with Gasteiger partial charge in [-0.1, -0.05) is 0 Å². The van der Waals surface area contributed by atoms with E-state index in [1.54, 1.807) is 0 Å². The molecule has 7 heavy (non-hydrogen) atoms. The van der Waals surface area contributed by atoms with Crippen molar-refractivity contribution in [1.82, 2.24) is 0 Å². The molecule has 0 saturated carbocycles. The van der Waals surface area contributed by atoms with Crippen molar-refractivity contribution in [1.29, 1.82) is 0 Å². The van der Waals surface area contributed by atoms with Crippen molar-refractivity contribution in [2.45, 2.75) is 0 Å². The molecular weight excluding hydrogens is 146 g/mol. The van der Waals surface area contributed by atoms with Gasteiger partial charge in [0, 0.05) is 46.9 Å². The van der Waals surface area contributed by atoms with Gasteiger partial charge in [-0.3, -0.25) is 9.11 Å². The second kappa shape index (κ2) is 5.54. The largest absolute Gasteiger partial charge is 0.394 e. The molecule has 7 heteroatoms. The zero-order valence-corrected chi connectivity index (χ0v) is 7.67. The van der Waals surface area contributed by atoms with Gasteiger partial charge in [-0.25, -0.2) is 0 Å². The molecule has 0 unspecified atom stereocenters. The van der Waals surface area contributed by atoms with Gasteiger partial charge in [0.2, 0.25) is 0 Å². The van der Waals surface area contributed by atoms with Crippen LogP contribution in [0, 0.1) is 0 Å². The summed E-state index contributed by atoms with van der Waals surface area (Å²) in [6.45, 7) is 0. The van der Waals surface area contributed by atoms with E-state index in [0.717, 1.165) is 0 Å². The van der Waals surface area contributed by atoms with Gasteiger partial charge in [0.25, 0.3) is 0 Å². The standard InChI is InChI=1S/Al.Na.H2O4S/c;;1-5(2,3)4/h;;(H2,1,2,3,4). The number of rotatable bonds is 0. The first-order valence-corrected chi connectivity index (χ1v) is 2.10. The fourth-order valence-corrected chi connectivity index (χ4v) is 0. The predicted octanol–water partition coefficient (Wildman–Crippen LogP) is -1.41. The summed E-state index contributed by atoms with van der Waals surface area (Å²) in [5.41, 5.74) is 0. The van der Waals surface area contributed by atoms with Crippen LogP contribution in [0.3, 0.4) is 0 Å². The minimum Gasteiger partial charge on any atom is -0.264 e. The van der Waals surface area contributed by atoms with Crippen LogP contribution in [0.25, 0.3) is 0 Å². The van der Waals surface area contributed by atoms with Crippen LogP contribution in [0.15, 0.2) is 0 Å². The zero-order chi connectivity index (χ0) is 4.50. The molecule has 0 heterocycles. The fourth-order valence-electron chi connectivity index (χ4n) is 0. The Balaban J connectivity index is -0.0000000800. The third-order valence-electron chi connectivity index (χ3n) is 0. The van der Waals surface area contributed by atoms with Crippen LogP contribution < -0.4 is 0 Å². The summed E-state index contributed by atoms with van der Waals surface area (Å²) >= 11 is 0. The zero-order valence-electron chi connectivity index (χ0n) is 3.70. The normalized spacial score (nSPS) is 8.29. The Hall–Kier alpha value is 1.40. The van der Waals surface area contributed by atoms with E-state index in [4.69, 9.17) is 17.5 Å². The van der Waals surface area contributed by atoms with E-state index in [-0.39, 0.29) is 46.9 Å². The summed E-state index contributed by atoms with van der Waals surface area (Å²) in [4.78, 5) is 0. The van der Waals surface area contributed by atoms with E-state index in [2.05, 4.69) is 0 Å². The van der Waals surface area contributed by atoms with Crippen LogP contribution in [-0.4, -0.2) is 64.4 Å². The summed E-state index contributed by atoms with van der Waals surface area (Å²) < 4.78 is 31.6. The van der Waals surface area contributed by atoms with Crippen molar-refractivity contribution in [3.8, 4) is 0 Å². The van der Waals surface area contributed by atoms with Crippen LogP contribution in [0.2, 0.25) is 0 Å². The number of hydrogen-bond donors (Lipinski definition) is 2. The van der Waals surface area contributed by atoms with Gasteiger partial charge in [-0.2, -0.15) is 8.42 Å². The van der Waals surface area contributed by atoms with Crippen LogP contribution in [0.1, 0.15) is 0 Å². The molecule has 0 saturated heterocycles. The summed E-state index contributed by atoms with van der Waals surface area (Å²) in [7, 11) is -4.67. The van der Waals surface area contributed by atoms with E-state index in [1.165, 1.54) is 0 Å². The first-order valence-electron chi connectivity index (χ1n) is 0.698. The average Bonchev–Trinajstić information content (AvgIpc) is 0.722. The minimum atomic E-state index is -4.67. The Morgan fingerprint density at radius 2 is 1.14 bits per heavy atom. The Bertz CT molecular complexity index is 94.9. The van der Waals surface area contributed by atoms with Crippen molar-refractivity contribution in [2.24, 2.45) is 0 Å². The van der Waals surface area contributed by atoms with Crippen molar-refractivity contribution < 1.29 is 17.5 Å². The van der Waals surface area contributed by atoms with Gasteiger partial charge in [0.1, 0.15) is 0 Å². The Labute approximate surface area is 74.3 Å². The quantitative estimate of drug-likeness (QED) is 0.326. The van der Waals surface area contributed by atoms with Crippen molar-refractivity contribution >= 4 is 57.3 Å². The molecule has 0 aromatic carbocycles. The molecule has 0 aliphatic rings. The topological polar surface area (TPSA) is 74.6 Å². The molecule has 0 rings (SSSR count). The average molecular weight is 148 g/mol. The maximum absolute atomic E-state index is 8.74. The van der Waals surface area contributed by atoms with Gasteiger partial charge in [0.05, 0.1) is 0 Å². The van der Waals surface area contributed by atoms with Crippen molar-refractivity contribution in [3.05, 3.63) is 0 Å². The molecule has 4 radical (unpaired) electrons. The molecule has 4 nitrogen and oxygen atoms in total. The van der Waals surface area contributed by atoms with Crippen molar-refractivity contribution in [3.63, 3.8) is 0 Å². The van der Waals surface area contributed by atoms with E-state index < -0.39 is 10.4 Å². The smallest absolute Gasteiger partial charge is 0.264 e. The van der Waals surface area contributed by atoms with Gasteiger partial charge in [-0.15, -0.1) is 0 Å². The van der Waals surface area contributed by atoms with E-state index >= 15 is 0 Å². The maximum Gasteiger partial charge on any atom is 0.394 e. The third kappa shape index (κ3) is 110. The molecule has 0 amide bonds. The first kappa shape index (κ1) is 15.8. The van der Waals surface area contributed by atoms with Crippen LogP contribution in [0.4, 0.5) is 0 Å². The van der Waals surface area contributed by atoms with Crippen LogP contribution >= 0.6 is 0 Å². The Kier molecular flexibility index (Phi) is 12.5. The summed E-state index contributed by atoms with van der Waals surface area (Å²) in [6.07, 6.45) is 0. The summed E-state index contributed by atoms with van der Waals surface area (Å²) in [6, 6.07) is 0. The summed E-state index contributed by atoms with van der Waals surface area (Å²) in [5.74, 6) is 0. The molecule has 0 aliphatic carbocycles. The van der Waals surface area contributed by atoms with Crippen LogP contribution in [-0.2, 0) is 10.4 Å². The monoisotopic (exact) mass is 148 g/mol. The molecule has 0 bridgehead atoms. The molecule has 0 aromatic rings. The Morgan fingerprint density at radius 3 is 1.14 bits per heavy atom. The van der Waals surface area contributed by atoms with Crippen LogP contribution in [0.5, 0.6) is 0 Å². The van der Waals surface area contributed by atoms with Crippen molar-refractivity contribution in [2.75, 3.05) is 0 Å². The molecule has 36 valence electrons. The van der Waals surface area contributed by atoms with Gasteiger partial charge in [0.15, 0.2) is 0 Å². The number of hydrogen-bond acceptors (Lipinski definition) is 2. The SMILES string of the molecule is O=S(=O)(O)O.[Al].[Na]. The predicted molar refractivity (Wildman–Crippen MR) is 25.7 cm³/mol.